The van der Waals surface area contributed by atoms with Gasteiger partial charge in [0.1, 0.15) is 0 Å². The molecular formula is C20H19N3O3. The molecule has 1 amide bonds. The van der Waals surface area contributed by atoms with Gasteiger partial charge in [-0.05, 0) is 42.8 Å². The lowest BCUT2D eigenvalue weighted by Crippen LogP contribution is -2.13. The number of amides is 1. The summed E-state index contributed by atoms with van der Waals surface area (Å²) in [5.74, 6) is -0.646. The Hall–Kier alpha value is -3.41. The molecule has 0 saturated heterocycles. The molecule has 0 fully saturated rings. The number of aromatic nitrogens is 2. The van der Waals surface area contributed by atoms with Crippen LogP contribution in [-0.2, 0) is 11.3 Å². The van der Waals surface area contributed by atoms with Crippen molar-refractivity contribution in [3.63, 3.8) is 0 Å². The number of nitrogens with one attached hydrogen (secondary N) is 1. The van der Waals surface area contributed by atoms with Crippen LogP contribution in [0.15, 0.2) is 67.3 Å². The van der Waals surface area contributed by atoms with Crippen molar-refractivity contribution in [1.29, 1.82) is 0 Å². The first-order chi connectivity index (χ1) is 12.7. The lowest BCUT2D eigenvalue weighted by atomic mass is 10.1. The van der Waals surface area contributed by atoms with Crippen LogP contribution in [0.3, 0.4) is 0 Å². The molecule has 3 rings (SSSR count). The van der Waals surface area contributed by atoms with Gasteiger partial charge in [0.05, 0.1) is 18.5 Å². The summed E-state index contributed by atoms with van der Waals surface area (Å²) in [6.07, 6.45) is 5.36. The second-order valence-electron chi connectivity index (χ2n) is 5.69. The largest absolute Gasteiger partial charge is 0.462 e. The van der Waals surface area contributed by atoms with Gasteiger partial charge in [-0.2, -0.15) is 0 Å². The summed E-state index contributed by atoms with van der Waals surface area (Å²) in [5.41, 5.74) is 2.56. The van der Waals surface area contributed by atoms with Crippen LogP contribution in [0.1, 0.15) is 33.2 Å². The molecule has 1 heterocycles. The number of anilines is 1. The zero-order valence-electron chi connectivity index (χ0n) is 14.4. The summed E-state index contributed by atoms with van der Waals surface area (Å²) < 4.78 is 6.92. The van der Waals surface area contributed by atoms with E-state index in [0.29, 0.717) is 30.0 Å². The van der Waals surface area contributed by atoms with E-state index < -0.39 is 5.97 Å². The predicted octanol–water partition coefficient (Wildman–Crippen LogP) is 3.36. The highest BCUT2D eigenvalue weighted by Crippen LogP contribution is 2.14. The van der Waals surface area contributed by atoms with E-state index in [4.69, 9.17) is 4.74 Å². The highest BCUT2D eigenvalue weighted by atomic mass is 16.5. The molecule has 1 N–H and O–H groups in total. The summed E-state index contributed by atoms with van der Waals surface area (Å²) in [6.45, 7) is 2.75. The number of benzene rings is 2. The van der Waals surface area contributed by atoms with Crippen LogP contribution >= 0.6 is 0 Å². The summed E-state index contributed by atoms with van der Waals surface area (Å²) >= 11 is 0. The molecule has 6 heteroatoms. The second-order valence-corrected chi connectivity index (χ2v) is 5.69. The molecule has 26 heavy (non-hydrogen) atoms. The van der Waals surface area contributed by atoms with Gasteiger partial charge in [-0.3, -0.25) is 4.79 Å². The van der Waals surface area contributed by atoms with E-state index in [9.17, 15) is 9.59 Å². The fraction of sp³-hybridized carbons (Fsp3) is 0.150. The molecule has 0 unspecified atom stereocenters. The van der Waals surface area contributed by atoms with E-state index in [1.54, 1.807) is 55.8 Å². The SMILES string of the molecule is CCOC(=O)c1cccc(NC(=O)c2ccc(Cn3ccnc3)cc2)c1. The number of esters is 1. The van der Waals surface area contributed by atoms with Crippen LogP contribution in [0.2, 0.25) is 0 Å². The quantitative estimate of drug-likeness (QED) is 0.693. The number of nitrogens with zero attached hydrogens (tertiary/aromatic N) is 2. The fourth-order valence-electron chi connectivity index (χ4n) is 2.49. The lowest BCUT2D eigenvalue weighted by Gasteiger charge is -2.08. The third-order valence-corrected chi connectivity index (χ3v) is 3.77. The van der Waals surface area contributed by atoms with Crippen molar-refractivity contribution in [1.82, 2.24) is 9.55 Å². The van der Waals surface area contributed by atoms with Gasteiger partial charge in [0.25, 0.3) is 5.91 Å². The minimum absolute atomic E-state index is 0.236. The van der Waals surface area contributed by atoms with E-state index in [1.165, 1.54) is 0 Å². The monoisotopic (exact) mass is 349 g/mol. The van der Waals surface area contributed by atoms with Gasteiger partial charge in [-0.15, -0.1) is 0 Å². The Morgan fingerprint density at radius 3 is 2.62 bits per heavy atom. The highest BCUT2D eigenvalue weighted by Gasteiger charge is 2.10. The fourth-order valence-corrected chi connectivity index (χ4v) is 2.49. The van der Waals surface area contributed by atoms with Crippen LogP contribution < -0.4 is 5.32 Å². The molecule has 132 valence electrons. The number of hydrogen-bond donors (Lipinski definition) is 1. The van der Waals surface area contributed by atoms with Crippen LogP contribution in [0.5, 0.6) is 0 Å². The molecule has 0 bridgehead atoms. The zero-order chi connectivity index (χ0) is 18.4. The zero-order valence-corrected chi connectivity index (χ0v) is 14.4. The van der Waals surface area contributed by atoms with Gasteiger partial charge < -0.3 is 14.6 Å². The molecule has 1 aromatic heterocycles. The molecule has 6 nitrogen and oxygen atoms in total. The molecule has 0 saturated carbocycles. The van der Waals surface area contributed by atoms with E-state index >= 15 is 0 Å². The first-order valence-corrected chi connectivity index (χ1v) is 8.29. The van der Waals surface area contributed by atoms with Gasteiger partial charge in [0.15, 0.2) is 0 Å². The first-order valence-electron chi connectivity index (χ1n) is 8.29. The van der Waals surface area contributed by atoms with Crippen LogP contribution in [0.4, 0.5) is 5.69 Å². The average molecular weight is 349 g/mol. The molecule has 3 aromatic rings. The van der Waals surface area contributed by atoms with Crippen molar-refractivity contribution < 1.29 is 14.3 Å². The Kier molecular flexibility index (Phi) is 5.43. The third-order valence-electron chi connectivity index (χ3n) is 3.77. The highest BCUT2D eigenvalue weighted by molar-refractivity contribution is 6.04. The topological polar surface area (TPSA) is 73.2 Å². The number of hydrogen-bond acceptors (Lipinski definition) is 4. The van der Waals surface area contributed by atoms with E-state index in [0.717, 1.165) is 5.56 Å². The number of imidazole rings is 1. The lowest BCUT2D eigenvalue weighted by molar-refractivity contribution is 0.0526. The molecule has 0 spiro atoms. The van der Waals surface area contributed by atoms with E-state index in [2.05, 4.69) is 10.3 Å². The standard InChI is InChI=1S/C20H19N3O3/c1-2-26-20(25)17-4-3-5-18(12-17)22-19(24)16-8-6-15(7-9-16)13-23-11-10-21-14-23/h3-12,14H,2,13H2,1H3,(H,22,24). The minimum atomic E-state index is -0.410. The Balaban J connectivity index is 1.66. The molecule has 0 aliphatic heterocycles. The maximum Gasteiger partial charge on any atom is 0.338 e. The van der Waals surface area contributed by atoms with Crippen molar-refractivity contribution >= 4 is 17.6 Å². The van der Waals surface area contributed by atoms with Crippen LogP contribution in [0.25, 0.3) is 0 Å². The van der Waals surface area contributed by atoms with Gasteiger partial charge >= 0.3 is 5.97 Å². The van der Waals surface area contributed by atoms with Crippen molar-refractivity contribution in [3.05, 3.63) is 83.9 Å². The van der Waals surface area contributed by atoms with Gasteiger partial charge in [0.2, 0.25) is 0 Å². The van der Waals surface area contributed by atoms with Crippen molar-refractivity contribution in [2.24, 2.45) is 0 Å². The minimum Gasteiger partial charge on any atom is -0.462 e. The molecule has 0 radical (unpaired) electrons. The van der Waals surface area contributed by atoms with Gasteiger partial charge in [-0.25, -0.2) is 9.78 Å². The van der Waals surface area contributed by atoms with Crippen LogP contribution in [0, 0.1) is 0 Å². The molecule has 0 atom stereocenters. The van der Waals surface area contributed by atoms with Gasteiger partial charge in [0, 0.05) is 30.2 Å². The number of rotatable bonds is 6. The van der Waals surface area contributed by atoms with E-state index in [1.807, 2.05) is 22.9 Å². The third kappa shape index (κ3) is 4.36. The molecular weight excluding hydrogens is 330 g/mol. The van der Waals surface area contributed by atoms with Crippen molar-refractivity contribution in [2.45, 2.75) is 13.5 Å². The van der Waals surface area contributed by atoms with Crippen LogP contribution in [-0.4, -0.2) is 28.0 Å². The number of carbonyl (C=O) groups excluding carboxylic acids is 2. The molecule has 0 aliphatic rings. The maximum absolute atomic E-state index is 12.4. The van der Waals surface area contributed by atoms with Crippen molar-refractivity contribution in [3.8, 4) is 0 Å². The summed E-state index contributed by atoms with van der Waals surface area (Å²) in [5, 5.41) is 2.80. The van der Waals surface area contributed by atoms with Gasteiger partial charge in [-0.1, -0.05) is 18.2 Å². The number of carbonyl (C=O) groups is 2. The second kappa shape index (κ2) is 8.11. The Morgan fingerprint density at radius 1 is 1.12 bits per heavy atom. The van der Waals surface area contributed by atoms with E-state index in [-0.39, 0.29) is 5.91 Å². The molecule has 2 aromatic carbocycles. The summed E-state index contributed by atoms with van der Waals surface area (Å²) in [4.78, 5) is 28.2. The first kappa shape index (κ1) is 17.4. The Morgan fingerprint density at radius 2 is 1.92 bits per heavy atom. The predicted molar refractivity (Wildman–Crippen MR) is 98.1 cm³/mol. The normalized spacial score (nSPS) is 10.3. The van der Waals surface area contributed by atoms with Crippen molar-refractivity contribution in [2.75, 3.05) is 11.9 Å². The summed E-state index contributed by atoms with van der Waals surface area (Å²) in [7, 11) is 0. The number of ether oxygens (including phenoxy) is 1. The smallest absolute Gasteiger partial charge is 0.338 e. The maximum atomic E-state index is 12.4. The Bertz CT molecular complexity index is 887. The Labute approximate surface area is 151 Å². The molecule has 0 aliphatic carbocycles. The average Bonchev–Trinajstić information content (AvgIpc) is 3.16. The summed E-state index contributed by atoms with van der Waals surface area (Å²) in [6, 6.07) is 14.0.